The van der Waals surface area contributed by atoms with Crippen LogP contribution in [0.25, 0.3) is 0 Å². The summed E-state index contributed by atoms with van der Waals surface area (Å²) in [4.78, 5) is 1.12. The summed E-state index contributed by atoms with van der Waals surface area (Å²) in [5.74, 6) is -0.0609. The molecule has 6 nitrogen and oxygen atoms in total. The molecule has 0 amide bonds. The SMILES string of the molecule is CNCc1cc(S(=O)(=O)NC2CCS(=O)(=O)C2)cs1. The second kappa shape index (κ2) is 5.49. The molecule has 1 fully saturated rings. The number of sulfonamides is 1. The molecule has 0 spiro atoms. The van der Waals surface area contributed by atoms with Crippen LogP contribution >= 0.6 is 11.3 Å². The van der Waals surface area contributed by atoms with Gasteiger partial charge in [-0.1, -0.05) is 0 Å². The monoisotopic (exact) mass is 324 g/mol. The molecule has 1 atom stereocenters. The van der Waals surface area contributed by atoms with Gasteiger partial charge >= 0.3 is 0 Å². The van der Waals surface area contributed by atoms with E-state index in [-0.39, 0.29) is 16.4 Å². The molecule has 2 heterocycles. The third-order valence-corrected chi connectivity index (χ3v) is 7.20. The van der Waals surface area contributed by atoms with Gasteiger partial charge in [-0.2, -0.15) is 0 Å². The maximum atomic E-state index is 12.1. The van der Waals surface area contributed by atoms with Crippen LogP contribution < -0.4 is 10.0 Å². The normalized spacial score (nSPS) is 22.7. The molecule has 108 valence electrons. The summed E-state index contributed by atoms with van der Waals surface area (Å²) >= 11 is 1.36. The predicted octanol–water partition coefficient (Wildman–Crippen LogP) is -0.0671. The average Bonchev–Trinajstić information content (AvgIpc) is 2.86. The van der Waals surface area contributed by atoms with Crippen molar-refractivity contribution >= 4 is 31.2 Å². The van der Waals surface area contributed by atoms with Crippen LogP contribution in [0, 0.1) is 0 Å². The fourth-order valence-electron chi connectivity index (χ4n) is 1.94. The Morgan fingerprint density at radius 3 is 2.79 bits per heavy atom. The molecular weight excluding hydrogens is 308 g/mol. The minimum Gasteiger partial charge on any atom is -0.315 e. The first-order valence-electron chi connectivity index (χ1n) is 5.77. The topological polar surface area (TPSA) is 92.3 Å². The summed E-state index contributed by atoms with van der Waals surface area (Å²) in [6, 6.07) is 1.09. The van der Waals surface area contributed by atoms with Gasteiger partial charge in [0.25, 0.3) is 0 Å². The summed E-state index contributed by atoms with van der Waals surface area (Å²) in [6.45, 7) is 0.609. The van der Waals surface area contributed by atoms with E-state index in [1.165, 1.54) is 11.3 Å². The Labute approximate surface area is 117 Å². The smallest absolute Gasteiger partial charge is 0.241 e. The fourth-order valence-corrected chi connectivity index (χ4v) is 6.28. The predicted molar refractivity (Wildman–Crippen MR) is 74.5 cm³/mol. The van der Waals surface area contributed by atoms with E-state index in [0.29, 0.717) is 13.0 Å². The van der Waals surface area contributed by atoms with E-state index >= 15 is 0 Å². The van der Waals surface area contributed by atoms with Crippen molar-refractivity contribution in [3.05, 3.63) is 16.3 Å². The van der Waals surface area contributed by atoms with E-state index < -0.39 is 25.9 Å². The van der Waals surface area contributed by atoms with Crippen molar-refractivity contribution in [3.63, 3.8) is 0 Å². The van der Waals surface area contributed by atoms with Crippen molar-refractivity contribution < 1.29 is 16.8 Å². The average molecular weight is 324 g/mol. The molecule has 1 aromatic heterocycles. The highest BCUT2D eigenvalue weighted by Gasteiger charge is 2.31. The minimum absolute atomic E-state index is 0.0504. The molecule has 0 bridgehead atoms. The maximum Gasteiger partial charge on any atom is 0.241 e. The summed E-state index contributed by atoms with van der Waals surface area (Å²) in [7, 11) is -4.92. The number of hydrogen-bond donors (Lipinski definition) is 2. The van der Waals surface area contributed by atoms with Gasteiger partial charge in [0, 0.05) is 22.8 Å². The van der Waals surface area contributed by atoms with Crippen molar-refractivity contribution in [1.82, 2.24) is 10.0 Å². The Kier molecular flexibility index (Phi) is 4.31. The Morgan fingerprint density at radius 1 is 1.47 bits per heavy atom. The van der Waals surface area contributed by atoms with E-state index in [9.17, 15) is 16.8 Å². The lowest BCUT2D eigenvalue weighted by atomic mass is 10.3. The second-order valence-corrected chi connectivity index (χ2v) is 9.44. The standard InChI is InChI=1S/C10H16N2O4S3/c1-11-5-9-4-10(6-17-9)19(15,16)12-8-2-3-18(13,14)7-8/h4,6,8,11-12H,2-3,5,7H2,1H3. The molecule has 1 unspecified atom stereocenters. The lowest BCUT2D eigenvalue weighted by molar-refractivity contribution is 0.562. The Morgan fingerprint density at radius 2 is 2.21 bits per heavy atom. The highest BCUT2D eigenvalue weighted by atomic mass is 32.2. The van der Waals surface area contributed by atoms with Crippen LogP contribution in [-0.4, -0.2) is 41.4 Å². The molecule has 9 heteroatoms. The van der Waals surface area contributed by atoms with E-state index in [1.54, 1.807) is 18.5 Å². The van der Waals surface area contributed by atoms with Crippen molar-refractivity contribution in [2.24, 2.45) is 0 Å². The van der Waals surface area contributed by atoms with Crippen LogP contribution in [-0.2, 0) is 26.4 Å². The van der Waals surface area contributed by atoms with Crippen LogP contribution in [0.1, 0.15) is 11.3 Å². The second-order valence-electron chi connectivity index (χ2n) is 4.50. The van der Waals surface area contributed by atoms with E-state index in [0.717, 1.165) is 4.88 Å². The molecular formula is C10H16N2O4S3. The molecule has 2 rings (SSSR count). The van der Waals surface area contributed by atoms with Crippen molar-refractivity contribution in [3.8, 4) is 0 Å². The quantitative estimate of drug-likeness (QED) is 0.791. The number of rotatable bonds is 5. The van der Waals surface area contributed by atoms with Crippen LogP contribution in [0.5, 0.6) is 0 Å². The zero-order chi connectivity index (χ0) is 14.1. The molecule has 1 aliphatic rings. The molecule has 19 heavy (non-hydrogen) atoms. The Balaban J connectivity index is 2.10. The highest BCUT2D eigenvalue weighted by Crippen LogP contribution is 2.21. The zero-order valence-corrected chi connectivity index (χ0v) is 12.9. The molecule has 1 aromatic rings. The Bertz CT molecular complexity index is 648. The number of sulfone groups is 1. The molecule has 1 aliphatic heterocycles. The van der Waals surface area contributed by atoms with Crippen LogP contribution in [0.4, 0.5) is 0 Å². The fraction of sp³-hybridized carbons (Fsp3) is 0.600. The summed E-state index contributed by atoms with van der Waals surface area (Å²) in [5.41, 5.74) is 0. The number of hydrogen-bond acceptors (Lipinski definition) is 6. The van der Waals surface area contributed by atoms with Gasteiger partial charge in [-0.15, -0.1) is 11.3 Å². The molecule has 0 aromatic carbocycles. The largest absolute Gasteiger partial charge is 0.315 e. The van der Waals surface area contributed by atoms with E-state index in [2.05, 4.69) is 10.0 Å². The molecule has 0 radical (unpaired) electrons. The molecule has 1 saturated heterocycles. The highest BCUT2D eigenvalue weighted by molar-refractivity contribution is 7.92. The van der Waals surface area contributed by atoms with Gasteiger partial charge < -0.3 is 5.32 Å². The van der Waals surface area contributed by atoms with Crippen LogP contribution in [0.15, 0.2) is 16.3 Å². The lowest BCUT2D eigenvalue weighted by Gasteiger charge is -2.10. The van der Waals surface area contributed by atoms with E-state index in [1.807, 2.05) is 0 Å². The third-order valence-electron chi connectivity index (χ3n) is 2.85. The minimum atomic E-state index is -3.62. The van der Waals surface area contributed by atoms with Crippen molar-refractivity contribution in [1.29, 1.82) is 0 Å². The van der Waals surface area contributed by atoms with Crippen molar-refractivity contribution in [2.75, 3.05) is 18.6 Å². The first-order valence-corrected chi connectivity index (χ1v) is 9.95. The van der Waals surface area contributed by atoms with Gasteiger partial charge in [0.1, 0.15) is 0 Å². The van der Waals surface area contributed by atoms with Crippen molar-refractivity contribution in [2.45, 2.75) is 23.9 Å². The van der Waals surface area contributed by atoms with Gasteiger partial charge in [0.05, 0.1) is 16.4 Å². The van der Waals surface area contributed by atoms with Gasteiger partial charge in [0.2, 0.25) is 10.0 Å². The third kappa shape index (κ3) is 3.76. The summed E-state index contributed by atoms with van der Waals surface area (Å²) in [6.07, 6.45) is 0.342. The molecule has 0 saturated carbocycles. The van der Waals surface area contributed by atoms with Gasteiger partial charge in [0.15, 0.2) is 9.84 Å². The van der Waals surface area contributed by atoms with Gasteiger partial charge in [-0.3, -0.25) is 0 Å². The van der Waals surface area contributed by atoms with Crippen LogP contribution in [0.3, 0.4) is 0 Å². The Hall–Kier alpha value is -0.480. The summed E-state index contributed by atoms with van der Waals surface area (Å²) < 4.78 is 49.3. The van der Waals surface area contributed by atoms with Crippen LogP contribution in [0.2, 0.25) is 0 Å². The van der Waals surface area contributed by atoms with E-state index in [4.69, 9.17) is 0 Å². The zero-order valence-electron chi connectivity index (χ0n) is 10.4. The lowest BCUT2D eigenvalue weighted by Crippen LogP contribution is -2.35. The summed E-state index contributed by atoms with van der Waals surface area (Å²) in [5, 5.41) is 4.52. The number of nitrogens with one attached hydrogen (secondary N) is 2. The molecule has 0 aliphatic carbocycles. The van der Waals surface area contributed by atoms with Gasteiger partial charge in [-0.05, 0) is 19.5 Å². The van der Waals surface area contributed by atoms with Gasteiger partial charge in [-0.25, -0.2) is 21.6 Å². The first kappa shape index (κ1) is 14.9. The maximum absolute atomic E-state index is 12.1. The number of thiophene rings is 1. The molecule has 2 N–H and O–H groups in total. The first-order chi connectivity index (χ1) is 8.82.